The standard InChI is InChI=1S/C20H32N4O2/c1-2-23-16-21-12-17(23)13-22-9-7-20(8-10-22)6-5-19(25)24(15-20)14-18-4-3-11-26-18/h12,16,18H,2-11,13-15H2,1H3. The average Bonchev–Trinajstić information content (AvgIpc) is 3.32. The van der Waals surface area contributed by atoms with Gasteiger partial charge in [0.25, 0.3) is 0 Å². The highest BCUT2D eigenvalue weighted by Crippen LogP contribution is 2.40. The number of ether oxygens (including phenoxy) is 1. The Morgan fingerprint density at radius 3 is 2.88 bits per heavy atom. The summed E-state index contributed by atoms with van der Waals surface area (Å²) in [5.74, 6) is 0.334. The first kappa shape index (κ1) is 18.0. The quantitative estimate of drug-likeness (QED) is 0.808. The Labute approximate surface area is 156 Å². The van der Waals surface area contributed by atoms with Crippen LogP contribution < -0.4 is 0 Å². The molecule has 6 nitrogen and oxygen atoms in total. The van der Waals surface area contributed by atoms with Crippen molar-refractivity contribution in [3.63, 3.8) is 0 Å². The number of rotatable bonds is 5. The van der Waals surface area contributed by atoms with E-state index in [2.05, 4.69) is 26.3 Å². The molecule has 0 N–H and O–H groups in total. The van der Waals surface area contributed by atoms with E-state index in [1.807, 2.05) is 12.5 Å². The van der Waals surface area contributed by atoms with Gasteiger partial charge in [-0.25, -0.2) is 4.98 Å². The van der Waals surface area contributed by atoms with Gasteiger partial charge in [-0.1, -0.05) is 0 Å². The minimum atomic E-state index is 0.267. The van der Waals surface area contributed by atoms with Crippen molar-refractivity contribution in [1.29, 1.82) is 0 Å². The minimum Gasteiger partial charge on any atom is -0.376 e. The molecular weight excluding hydrogens is 328 g/mol. The summed E-state index contributed by atoms with van der Waals surface area (Å²) in [6.45, 7) is 8.98. The minimum absolute atomic E-state index is 0.267. The Balaban J connectivity index is 1.33. The van der Waals surface area contributed by atoms with E-state index in [1.54, 1.807) is 0 Å². The predicted molar refractivity (Wildman–Crippen MR) is 99.6 cm³/mol. The number of aromatic nitrogens is 2. The number of nitrogens with zero attached hydrogens (tertiary/aromatic N) is 4. The molecule has 4 rings (SSSR count). The van der Waals surface area contributed by atoms with E-state index in [0.29, 0.717) is 11.3 Å². The Morgan fingerprint density at radius 2 is 2.15 bits per heavy atom. The van der Waals surface area contributed by atoms with Crippen LogP contribution in [0.2, 0.25) is 0 Å². The van der Waals surface area contributed by atoms with E-state index in [0.717, 1.165) is 71.6 Å². The molecule has 0 bridgehead atoms. The van der Waals surface area contributed by atoms with Gasteiger partial charge in [-0.3, -0.25) is 9.69 Å². The van der Waals surface area contributed by atoms with Gasteiger partial charge in [-0.05, 0) is 57.5 Å². The van der Waals surface area contributed by atoms with E-state index in [-0.39, 0.29) is 6.10 Å². The summed E-state index contributed by atoms with van der Waals surface area (Å²) >= 11 is 0. The first-order valence-corrected chi connectivity index (χ1v) is 10.3. The van der Waals surface area contributed by atoms with Crippen LogP contribution in [0.1, 0.15) is 51.1 Å². The molecule has 0 aromatic carbocycles. The second-order valence-corrected chi connectivity index (χ2v) is 8.36. The number of hydrogen-bond donors (Lipinski definition) is 0. The van der Waals surface area contributed by atoms with Gasteiger partial charge in [0.1, 0.15) is 0 Å². The highest BCUT2D eigenvalue weighted by molar-refractivity contribution is 5.77. The molecule has 3 fully saturated rings. The SMILES string of the molecule is CCn1cncc1CN1CCC2(CCC(=O)N(CC3CCCO3)C2)CC1. The van der Waals surface area contributed by atoms with Crippen LogP contribution in [0.15, 0.2) is 12.5 Å². The molecule has 4 heterocycles. The van der Waals surface area contributed by atoms with Crippen molar-refractivity contribution in [1.82, 2.24) is 19.4 Å². The third-order valence-corrected chi connectivity index (χ3v) is 6.64. The number of carbonyl (C=O) groups is 1. The molecule has 3 aliphatic rings. The zero-order valence-corrected chi connectivity index (χ0v) is 16.0. The highest BCUT2D eigenvalue weighted by Gasteiger charge is 2.41. The molecule has 0 aliphatic carbocycles. The van der Waals surface area contributed by atoms with Crippen molar-refractivity contribution in [2.45, 2.75) is 64.6 Å². The molecular formula is C20H32N4O2. The van der Waals surface area contributed by atoms with Gasteiger partial charge in [0.2, 0.25) is 5.91 Å². The monoisotopic (exact) mass is 360 g/mol. The molecule has 1 aromatic rings. The number of hydrogen-bond acceptors (Lipinski definition) is 4. The lowest BCUT2D eigenvalue weighted by Gasteiger charge is -2.47. The summed E-state index contributed by atoms with van der Waals surface area (Å²) in [4.78, 5) is 21.4. The van der Waals surface area contributed by atoms with E-state index in [9.17, 15) is 4.79 Å². The lowest BCUT2D eigenvalue weighted by Crippen LogP contribution is -2.52. The van der Waals surface area contributed by atoms with Crippen LogP contribution in [-0.2, 0) is 22.6 Å². The lowest BCUT2D eigenvalue weighted by atomic mass is 9.72. The maximum Gasteiger partial charge on any atom is 0.222 e. The molecule has 144 valence electrons. The normalized spacial score (nSPS) is 26.7. The third-order valence-electron chi connectivity index (χ3n) is 6.64. The fourth-order valence-corrected chi connectivity index (χ4v) is 4.89. The van der Waals surface area contributed by atoms with Gasteiger partial charge >= 0.3 is 0 Å². The van der Waals surface area contributed by atoms with Crippen molar-refractivity contribution >= 4 is 5.91 Å². The zero-order valence-electron chi connectivity index (χ0n) is 16.0. The van der Waals surface area contributed by atoms with E-state index in [4.69, 9.17) is 4.74 Å². The molecule has 1 unspecified atom stereocenters. The second-order valence-electron chi connectivity index (χ2n) is 8.36. The first-order valence-electron chi connectivity index (χ1n) is 10.3. The van der Waals surface area contributed by atoms with E-state index < -0.39 is 0 Å². The Kier molecular flexibility index (Phi) is 5.32. The Bertz CT molecular complexity index is 615. The number of aryl methyl sites for hydroxylation is 1. The van der Waals surface area contributed by atoms with E-state index in [1.165, 1.54) is 18.5 Å². The van der Waals surface area contributed by atoms with Crippen molar-refractivity contribution in [3.8, 4) is 0 Å². The van der Waals surface area contributed by atoms with Gasteiger partial charge in [0.15, 0.2) is 0 Å². The molecule has 3 aliphatic heterocycles. The number of amides is 1. The smallest absolute Gasteiger partial charge is 0.222 e. The molecule has 26 heavy (non-hydrogen) atoms. The average molecular weight is 361 g/mol. The number of piperidine rings is 2. The van der Waals surface area contributed by atoms with Crippen LogP contribution in [0.5, 0.6) is 0 Å². The summed E-state index contributed by atoms with van der Waals surface area (Å²) in [7, 11) is 0. The fourth-order valence-electron chi connectivity index (χ4n) is 4.89. The molecule has 0 radical (unpaired) electrons. The van der Waals surface area contributed by atoms with Crippen molar-refractivity contribution in [2.75, 3.05) is 32.8 Å². The summed E-state index contributed by atoms with van der Waals surface area (Å²) in [5.41, 5.74) is 1.64. The summed E-state index contributed by atoms with van der Waals surface area (Å²) in [6.07, 6.45) is 10.6. The molecule has 3 saturated heterocycles. The van der Waals surface area contributed by atoms with Crippen LogP contribution in [-0.4, -0.2) is 64.1 Å². The summed E-state index contributed by atoms with van der Waals surface area (Å²) < 4.78 is 8.00. The van der Waals surface area contributed by atoms with Crippen molar-refractivity contribution in [3.05, 3.63) is 18.2 Å². The van der Waals surface area contributed by atoms with Crippen LogP contribution in [0.3, 0.4) is 0 Å². The topological polar surface area (TPSA) is 50.6 Å². The van der Waals surface area contributed by atoms with E-state index >= 15 is 0 Å². The van der Waals surface area contributed by atoms with Gasteiger partial charge in [-0.2, -0.15) is 0 Å². The molecule has 1 spiro atoms. The van der Waals surface area contributed by atoms with Gasteiger partial charge < -0.3 is 14.2 Å². The molecule has 1 amide bonds. The fraction of sp³-hybridized carbons (Fsp3) is 0.800. The van der Waals surface area contributed by atoms with Crippen molar-refractivity contribution < 1.29 is 9.53 Å². The van der Waals surface area contributed by atoms with Gasteiger partial charge in [0.05, 0.1) is 18.1 Å². The third kappa shape index (κ3) is 3.81. The summed E-state index contributed by atoms with van der Waals surface area (Å²) in [5, 5.41) is 0. The number of carbonyl (C=O) groups excluding carboxylic acids is 1. The molecule has 1 aromatic heterocycles. The number of imidazole rings is 1. The predicted octanol–water partition coefficient (Wildman–Crippen LogP) is 2.29. The summed E-state index contributed by atoms with van der Waals surface area (Å²) in [6, 6.07) is 0. The molecule has 0 saturated carbocycles. The van der Waals surface area contributed by atoms with Crippen LogP contribution in [0.4, 0.5) is 0 Å². The van der Waals surface area contributed by atoms with Crippen molar-refractivity contribution in [2.24, 2.45) is 5.41 Å². The largest absolute Gasteiger partial charge is 0.376 e. The maximum absolute atomic E-state index is 12.4. The lowest BCUT2D eigenvalue weighted by molar-refractivity contribution is -0.141. The zero-order chi connectivity index (χ0) is 18.0. The molecule has 6 heteroatoms. The van der Waals surface area contributed by atoms with Crippen LogP contribution in [0, 0.1) is 5.41 Å². The maximum atomic E-state index is 12.4. The van der Waals surface area contributed by atoms with Gasteiger partial charge in [-0.15, -0.1) is 0 Å². The Hall–Kier alpha value is -1.40. The Morgan fingerprint density at radius 1 is 1.31 bits per heavy atom. The van der Waals surface area contributed by atoms with Crippen LogP contribution >= 0.6 is 0 Å². The highest BCUT2D eigenvalue weighted by atomic mass is 16.5. The van der Waals surface area contributed by atoms with Gasteiger partial charge in [0, 0.05) is 45.4 Å². The second kappa shape index (κ2) is 7.69. The van der Waals surface area contributed by atoms with Crippen LogP contribution in [0.25, 0.3) is 0 Å². The molecule has 1 atom stereocenters. The number of likely N-dealkylation sites (tertiary alicyclic amines) is 2. The first-order chi connectivity index (χ1) is 12.7.